The SMILES string of the molecule is O=C(Cc1cc(F)ccc1F)c1cc(Br)c(Br)s1. The van der Waals surface area contributed by atoms with Crippen LogP contribution in [0.4, 0.5) is 8.78 Å². The molecule has 6 heteroatoms. The Balaban J connectivity index is 2.23. The molecule has 0 amide bonds. The van der Waals surface area contributed by atoms with Crippen molar-refractivity contribution in [2.24, 2.45) is 0 Å². The van der Waals surface area contributed by atoms with E-state index in [9.17, 15) is 13.6 Å². The third-order valence-electron chi connectivity index (χ3n) is 2.28. The summed E-state index contributed by atoms with van der Waals surface area (Å²) in [6, 6.07) is 4.76. The molecule has 0 N–H and O–H groups in total. The standard InChI is InChI=1S/C12H6Br2F2OS/c13-8-5-11(18-12(8)14)10(17)4-6-3-7(15)1-2-9(6)16/h1-3,5H,4H2. The number of carbonyl (C=O) groups is 1. The predicted molar refractivity (Wildman–Crippen MR) is 74.1 cm³/mol. The van der Waals surface area contributed by atoms with Gasteiger partial charge in [-0.05, 0) is 61.7 Å². The number of hydrogen-bond acceptors (Lipinski definition) is 2. The van der Waals surface area contributed by atoms with Gasteiger partial charge in [0.2, 0.25) is 0 Å². The van der Waals surface area contributed by atoms with Crippen LogP contribution in [0.1, 0.15) is 15.2 Å². The molecular weight excluding hydrogens is 390 g/mol. The van der Waals surface area contributed by atoms with E-state index in [4.69, 9.17) is 0 Å². The van der Waals surface area contributed by atoms with E-state index < -0.39 is 11.6 Å². The van der Waals surface area contributed by atoms with Crippen molar-refractivity contribution in [1.29, 1.82) is 0 Å². The van der Waals surface area contributed by atoms with Gasteiger partial charge in [0.15, 0.2) is 5.78 Å². The van der Waals surface area contributed by atoms with Crippen molar-refractivity contribution in [2.45, 2.75) is 6.42 Å². The van der Waals surface area contributed by atoms with Gasteiger partial charge in [0.25, 0.3) is 0 Å². The minimum atomic E-state index is -0.570. The molecule has 1 aromatic carbocycles. The number of benzene rings is 1. The van der Waals surface area contributed by atoms with Crippen LogP contribution in [-0.2, 0) is 6.42 Å². The Morgan fingerprint density at radius 2 is 1.94 bits per heavy atom. The van der Waals surface area contributed by atoms with Crippen LogP contribution in [0, 0.1) is 11.6 Å². The molecule has 0 fully saturated rings. The Labute approximate surface area is 123 Å². The summed E-state index contributed by atoms with van der Waals surface area (Å²) >= 11 is 7.81. The Hall–Kier alpha value is -0.590. The molecule has 2 rings (SSSR count). The molecule has 0 aliphatic heterocycles. The number of hydrogen-bond donors (Lipinski definition) is 0. The molecule has 18 heavy (non-hydrogen) atoms. The third-order valence-corrected chi connectivity index (χ3v) is 5.58. The van der Waals surface area contributed by atoms with Crippen molar-refractivity contribution in [3.8, 4) is 0 Å². The van der Waals surface area contributed by atoms with Crippen LogP contribution >= 0.6 is 43.2 Å². The number of carbonyl (C=O) groups excluding carboxylic acids is 1. The van der Waals surface area contributed by atoms with Gasteiger partial charge in [-0.2, -0.15) is 0 Å². The molecule has 0 aliphatic rings. The molecule has 0 saturated carbocycles. The monoisotopic (exact) mass is 394 g/mol. The van der Waals surface area contributed by atoms with Gasteiger partial charge in [0, 0.05) is 10.9 Å². The smallest absolute Gasteiger partial charge is 0.177 e. The van der Waals surface area contributed by atoms with Crippen molar-refractivity contribution in [2.75, 3.05) is 0 Å². The highest BCUT2D eigenvalue weighted by Gasteiger charge is 2.15. The minimum absolute atomic E-state index is 0.0700. The lowest BCUT2D eigenvalue weighted by Crippen LogP contribution is -2.03. The predicted octanol–water partition coefficient (Wildman–Crippen LogP) is 4.98. The zero-order valence-electron chi connectivity index (χ0n) is 8.84. The number of ketones is 1. The molecule has 0 bridgehead atoms. The summed E-state index contributed by atoms with van der Waals surface area (Å²) in [5.41, 5.74) is 0.0700. The van der Waals surface area contributed by atoms with Crippen molar-refractivity contribution in [1.82, 2.24) is 0 Å². The third kappa shape index (κ3) is 3.05. The minimum Gasteiger partial charge on any atom is -0.293 e. The average Bonchev–Trinajstić information content (AvgIpc) is 2.64. The van der Waals surface area contributed by atoms with Gasteiger partial charge in [0.1, 0.15) is 11.6 Å². The van der Waals surface area contributed by atoms with Crippen LogP contribution in [0.2, 0.25) is 0 Å². The lowest BCUT2D eigenvalue weighted by Gasteiger charge is -2.01. The van der Waals surface area contributed by atoms with Crippen molar-refractivity contribution < 1.29 is 13.6 Å². The molecule has 0 radical (unpaired) electrons. The average molecular weight is 396 g/mol. The first-order chi connectivity index (χ1) is 8.47. The molecule has 0 aliphatic carbocycles. The van der Waals surface area contributed by atoms with E-state index in [1.54, 1.807) is 6.07 Å². The molecule has 0 spiro atoms. The lowest BCUT2D eigenvalue weighted by molar-refractivity contribution is 0.0995. The summed E-state index contributed by atoms with van der Waals surface area (Å²) in [6.45, 7) is 0. The number of Topliss-reactive ketones (excluding diaryl/α,β-unsaturated/α-hetero) is 1. The van der Waals surface area contributed by atoms with Gasteiger partial charge in [-0.3, -0.25) is 4.79 Å². The second kappa shape index (κ2) is 5.59. The largest absolute Gasteiger partial charge is 0.293 e. The van der Waals surface area contributed by atoms with E-state index in [-0.39, 0.29) is 17.8 Å². The molecular formula is C12H6Br2F2OS. The second-order valence-corrected chi connectivity index (χ2v) is 6.79. The summed E-state index contributed by atoms with van der Waals surface area (Å²) in [5, 5.41) is 0. The zero-order valence-corrected chi connectivity index (χ0v) is 12.8. The Morgan fingerprint density at radius 1 is 1.22 bits per heavy atom. The fourth-order valence-electron chi connectivity index (χ4n) is 1.42. The van der Waals surface area contributed by atoms with E-state index in [1.807, 2.05) is 0 Å². The fourth-order valence-corrected chi connectivity index (χ4v) is 3.40. The van der Waals surface area contributed by atoms with Crippen LogP contribution in [0.15, 0.2) is 32.5 Å². The van der Waals surface area contributed by atoms with Crippen molar-refractivity contribution >= 4 is 49.0 Å². The molecule has 0 unspecified atom stereocenters. The van der Waals surface area contributed by atoms with E-state index in [0.29, 0.717) is 4.88 Å². The molecule has 0 saturated heterocycles. The summed E-state index contributed by atoms with van der Waals surface area (Å²) < 4.78 is 27.9. The van der Waals surface area contributed by atoms with E-state index in [1.165, 1.54) is 11.3 Å². The van der Waals surface area contributed by atoms with Crippen LogP contribution in [0.25, 0.3) is 0 Å². The fraction of sp³-hybridized carbons (Fsp3) is 0.0833. The summed E-state index contributed by atoms with van der Waals surface area (Å²) in [6.07, 6.45) is -0.150. The first-order valence-electron chi connectivity index (χ1n) is 4.89. The Morgan fingerprint density at radius 3 is 2.56 bits per heavy atom. The van der Waals surface area contributed by atoms with E-state index in [2.05, 4.69) is 31.9 Å². The molecule has 2 aromatic rings. The number of rotatable bonds is 3. The molecule has 94 valence electrons. The maximum atomic E-state index is 13.4. The first-order valence-corrected chi connectivity index (χ1v) is 7.29. The lowest BCUT2D eigenvalue weighted by atomic mass is 10.1. The Bertz CT molecular complexity index is 591. The highest BCUT2D eigenvalue weighted by Crippen LogP contribution is 2.33. The molecule has 1 heterocycles. The van der Waals surface area contributed by atoms with Gasteiger partial charge < -0.3 is 0 Å². The normalized spacial score (nSPS) is 10.7. The highest BCUT2D eigenvalue weighted by atomic mass is 79.9. The summed E-state index contributed by atoms with van der Waals surface area (Å²) in [7, 11) is 0. The topological polar surface area (TPSA) is 17.1 Å². The highest BCUT2D eigenvalue weighted by molar-refractivity contribution is 9.13. The van der Waals surface area contributed by atoms with E-state index >= 15 is 0 Å². The van der Waals surface area contributed by atoms with E-state index in [0.717, 1.165) is 26.5 Å². The summed E-state index contributed by atoms with van der Waals surface area (Å²) in [4.78, 5) is 12.4. The summed E-state index contributed by atoms with van der Waals surface area (Å²) in [5.74, 6) is -1.36. The maximum absolute atomic E-state index is 13.4. The van der Waals surface area contributed by atoms with Crippen molar-refractivity contribution in [3.63, 3.8) is 0 Å². The van der Waals surface area contributed by atoms with Crippen molar-refractivity contribution in [3.05, 3.63) is 54.6 Å². The molecule has 0 atom stereocenters. The number of halogens is 4. The van der Waals surface area contributed by atoms with Gasteiger partial charge in [-0.15, -0.1) is 11.3 Å². The van der Waals surface area contributed by atoms with Crippen LogP contribution in [-0.4, -0.2) is 5.78 Å². The maximum Gasteiger partial charge on any atom is 0.177 e. The quantitative estimate of drug-likeness (QED) is 0.670. The van der Waals surface area contributed by atoms with Crippen LogP contribution in [0.3, 0.4) is 0 Å². The first kappa shape index (κ1) is 13.8. The Kier molecular flexibility index (Phi) is 4.29. The van der Waals surface area contributed by atoms with Gasteiger partial charge in [-0.25, -0.2) is 8.78 Å². The number of thiophene rings is 1. The van der Waals surface area contributed by atoms with Crippen LogP contribution < -0.4 is 0 Å². The molecule has 1 nitrogen and oxygen atoms in total. The molecule has 1 aromatic heterocycles. The van der Waals surface area contributed by atoms with Crippen LogP contribution in [0.5, 0.6) is 0 Å². The van der Waals surface area contributed by atoms with Gasteiger partial charge in [-0.1, -0.05) is 0 Å². The van der Waals surface area contributed by atoms with Gasteiger partial charge in [0.05, 0.1) is 8.66 Å². The van der Waals surface area contributed by atoms with Gasteiger partial charge >= 0.3 is 0 Å². The zero-order chi connectivity index (χ0) is 13.3. The second-order valence-electron chi connectivity index (χ2n) is 3.57.